The number of hydrogen-bond acceptors (Lipinski definition) is 3. The van der Waals surface area contributed by atoms with Crippen molar-refractivity contribution < 1.29 is 10.0 Å². The normalized spacial score (nSPS) is 13.2. The van der Waals surface area contributed by atoms with Gasteiger partial charge in [-0.25, -0.2) is 0 Å². The fraction of sp³-hybridized carbons (Fsp3) is 0.273. The monoisotopic (exact) mass is 255 g/mol. The van der Waals surface area contributed by atoms with Gasteiger partial charge in [-0.15, -0.1) is 0 Å². The predicted molar refractivity (Wildman–Crippen MR) is 65.9 cm³/mol. The Hall–Kier alpha value is -1.75. The van der Waals surface area contributed by atoms with Gasteiger partial charge in [-0.3, -0.25) is 4.79 Å². The maximum Gasteiger partial charge on any atom is 0.230 e. The number of amidine groups is 1. The smallest absolute Gasteiger partial charge is 0.230 e. The van der Waals surface area contributed by atoms with Crippen LogP contribution in [0.5, 0.6) is 0 Å². The maximum atomic E-state index is 11.6. The topological polar surface area (TPSA) is 87.7 Å². The van der Waals surface area contributed by atoms with E-state index >= 15 is 0 Å². The lowest BCUT2D eigenvalue weighted by Crippen LogP contribution is -2.36. The van der Waals surface area contributed by atoms with Gasteiger partial charge in [-0.1, -0.05) is 28.9 Å². The molecule has 0 radical (unpaired) electrons. The van der Waals surface area contributed by atoms with E-state index in [0.717, 1.165) is 5.56 Å². The van der Waals surface area contributed by atoms with Crippen molar-refractivity contribution in [3.05, 3.63) is 34.9 Å². The molecule has 17 heavy (non-hydrogen) atoms. The Bertz CT molecular complexity index is 434. The molecule has 0 fully saturated rings. The van der Waals surface area contributed by atoms with Crippen molar-refractivity contribution in [3.8, 4) is 0 Å². The van der Waals surface area contributed by atoms with Gasteiger partial charge in [0.2, 0.25) is 5.91 Å². The SMILES string of the molecule is CC(C(=O)NCc1cccc(Cl)c1)C(N)=NO. The molecule has 0 aromatic heterocycles. The highest BCUT2D eigenvalue weighted by Crippen LogP contribution is 2.10. The van der Waals surface area contributed by atoms with Crippen molar-refractivity contribution in [2.75, 3.05) is 0 Å². The summed E-state index contributed by atoms with van der Waals surface area (Å²) < 4.78 is 0. The van der Waals surface area contributed by atoms with Gasteiger partial charge in [0.15, 0.2) is 5.84 Å². The molecule has 92 valence electrons. The molecule has 6 heteroatoms. The van der Waals surface area contributed by atoms with Crippen molar-refractivity contribution in [3.63, 3.8) is 0 Å². The van der Waals surface area contributed by atoms with Crippen LogP contribution < -0.4 is 11.1 Å². The first-order chi connectivity index (χ1) is 8.04. The summed E-state index contributed by atoms with van der Waals surface area (Å²) in [4.78, 5) is 11.6. The minimum atomic E-state index is -0.667. The second-order valence-electron chi connectivity index (χ2n) is 3.59. The summed E-state index contributed by atoms with van der Waals surface area (Å²) in [6.07, 6.45) is 0. The van der Waals surface area contributed by atoms with E-state index in [1.165, 1.54) is 0 Å². The van der Waals surface area contributed by atoms with Gasteiger partial charge in [0.05, 0.1) is 5.92 Å². The second kappa shape index (κ2) is 6.10. The maximum absolute atomic E-state index is 11.6. The quantitative estimate of drug-likeness (QED) is 0.328. The lowest BCUT2D eigenvalue weighted by molar-refractivity contribution is -0.122. The van der Waals surface area contributed by atoms with Gasteiger partial charge < -0.3 is 16.3 Å². The molecule has 1 atom stereocenters. The first kappa shape index (κ1) is 13.3. The second-order valence-corrected chi connectivity index (χ2v) is 4.03. The first-order valence-corrected chi connectivity index (χ1v) is 5.42. The zero-order valence-corrected chi connectivity index (χ0v) is 10.1. The Morgan fingerprint density at radius 3 is 2.94 bits per heavy atom. The molecule has 1 unspecified atom stereocenters. The molecule has 0 bridgehead atoms. The Balaban J connectivity index is 2.54. The molecule has 1 amide bonds. The standard InChI is InChI=1S/C11H14ClN3O2/c1-7(10(13)15-17)11(16)14-6-8-3-2-4-9(12)5-8/h2-5,7,17H,6H2,1H3,(H2,13,15)(H,14,16). The van der Waals surface area contributed by atoms with Gasteiger partial charge in [-0.05, 0) is 24.6 Å². The summed E-state index contributed by atoms with van der Waals surface area (Å²) in [5.41, 5.74) is 6.22. The molecule has 0 spiro atoms. The zero-order valence-electron chi connectivity index (χ0n) is 9.35. The van der Waals surface area contributed by atoms with Crippen LogP contribution in [0.2, 0.25) is 5.02 Å². The molecule has 0 saturated heterocycles. The van der Waals surface area contributed by atoms with Crippen molar-refractivity contribution >= 4 is 23.3 Å². The van der Waals surface area contributed by atoms with Crippen molar-refractivity contribution in [1.82, 2.24) is 5.32 Å². The van der Waals surface area contributed by atoms with E-state index in [2.05, 4.69) is 10.5 Å². The van der Waals surface area contributed by atoms with Crippen LogP contribution in [0.3, 0.4) is 0 Å². The minimum absolute atomic E-state index is 0.117. The van der Waals surface area contributed by atoms with Crippen LogP contribution in [0.15, 0.2) is 29.4 Å². The molecule has 4 N–H and O–H groups in total. The number of hydrogen-bond donors (Lipinski definition) is 3. The van der Waals surface area contributed by atoms with Crippen molar-refractivity contribution in [1.29, 1.82) is 0 Å². The van der Waals surface area contributed by atoms with Crippen LogP contribution in [-0.4, -0.2) is 17.0 Å². The fourth-order valence-electron chi connectivity index (χ4n) is 1.21. The molecule has 0 aliphatic carbocycles. The number of halogens is 1. The number of carbonyl (C=O) groups excluding carboxylic acids is 1. The van der Waals surface area contributed by atoms with E-state index in [1.54, 1.807) is 25.1 Å². The summed E-state index contributed by atoms with van der Waals surface area (Å²) >= 11 is 5.81. The summed E-state index contributed by atoms with van der Waals surface area (Å²) in [6, 6.07) is 7.17. The largest absolute Gasteiger partial charge is 0.409 e. The highest BCUT2D eigenvalue weighted by Gasteiger charge is 2.16. The zero-order chi connectivity index (χ0) is 12.8. The van der Waals surface area contributed by atoms with E-state index in [0.29, 0.717) is 11.6 Å². The highest BCUT2D eigenvalue weighted by molar-refractivity contribution is 6.30. The van der Waals surface area contributed by atoms with Gasteiger partial charge >= 0.3 is 0 Å². The van der Waals surface area contributed by atoms with Gasteiger partial charge in [0, 0.05) is 11.6 Å². The van der Waals surface area contributed by atoms with Crippen LogP contribution in [0.4, 0.5) is 0 Å². The third-order valence-electron chi connectivity index (χ3n) is 2.31. The van der Waals surface area contributed by atoms with Gasteiger partial charge in [0.25, 0.3) is 0 Å². The number of nitrogens with two attached hydrogens (primary N) is 1. The number of rotatable bonds is 4. The lowest BCUT2D eigenvalue weighted by Gasteiger charge is -2.10. The van der Waals surface area contributed by atoms with Gasteiger partial charge in [-0.2, -0.15) is 0 Å². The number of oxime groups is 1. The number of amides is 1. The molecule has 0 saturated carbocycles. The molecular weight excluding hydrogens is 242 g/mol. The molecule has 0 aliphatic rings. The van der Waals surface area contributed by atoms with E-state index in [4.69, 9.17) is 22.5 Å². The van der Waals surface area contributed by atoms with Crippen LogP contribution in [0.1, 0.15) is 12.5 Å². The molecule has 1 aromatic rings. The summed E-state index contributed by atoms with van der Waals surface area (Å²) in [6.45, 7) is 1.91. The Morgan fingerprint density at radius 1 is 1.65 bits per heavy atom. The molecule has 0 aliphatic heterocycles. The number of carbonyl (C=O) groups is 1. The molecule has 1 rings (SSSR count). The van der Waals surface area contributed by atoms with Crippen molar-refractivity contribution in [2.45, 2.75) is 13.5 Å². The Kier molecular flexibility index (Phi) is 4.78. The summed E-state index contributed by atoms with van der Waals surface area (Å²) in [5.74, 6) is -1.09. The van der Waals surface area contributed by atoms with Crippen LogP contribution in [-0.2, 0) is 11.3 Å². The average molecular weight is 256 g/mol. The Labute approximate surface area is 104 Å². The van der Waals surface area contributed by atoms with E-state index in [1.807, 2.05) is 6.07 Å². The summed E-state index contributed by atoms with van der Waals surface area (Å²) in [5, 5.41) is 14.5. The third kappa shape index (κ3) is 3.96. The number of nitrogens with zero attached hydrogens (tertiary/aromatic N) is 1. The first-order valence-electron chi connectivity index (χ1n) is 5.04. The van der Waals surface area contributed by atoms with E-state index in [9.17, 15) is 4.79 Å². The number of benzene rings is 1. The van der Waals surface area contributed by atoms with Crippen LogP contribution in [0, 0.1) is 5.92 Å². The fourth-order valence-corrected chi connectivity index (χ4v) is 1.42. The van der Waals surface area contributed by atoms with Crippen LogP contribution >= 0.6 is 11.6 Å². The van der Waals surface area contributed by atoms with E-state index in [-0.39, 0.29) is 11.7 Å². The minimum Gasteiger partial charge on any atom is -0.409 e. The molecule has 5 nitrogen and oxygen atoms in total. The predicted octanol–water partition coefficient (Wildman–Crippen LogP) is 1.34. The average Bonchev–Trinajstić information content (AvgIpc) is 2.34. The Morgan fingerprint density at radius 2 is 2.35 bits per heavy atom. The molecule has 0 heterocycles. The molecule has 1 aromatic carbocycles. The third-order valence-corrected chi connectivity index (χ3v) is 2.54. The van der Waals surface area contributed by atoms with Crippen molar-refractivity contribution in [2.24, 2.45) is 16.8 Å². The highest BCUT2D eigenvalue weighted by atomic mass is 35.5. The van der Waals surface area contributed by atoms with E-state index < -0.39 is 5.92 Å². The summed E-state index contributed by atoms with van der Waals surface area (Å²) in [7, 11) is 0. The van der Waals surface area contributed by atoms with Gasteiger partial charge in [0.1, 0.15) is 0 Å². The molecular formula is C11H14ClN3O2. The van der Waals surface area contributed by atoms with Crippen LogP contribution in [0.25, 0.3) is 0 Å². The number of nitrogens with one attached hydrogen (secondary N) is 1. The lowest BCUT2D eigenvalue weighted by atomic mass is 10.1.